The van der Waals surface area contributed by atoms with Gasteiger partial charge in [0, 0.05) is 0 Å². The number of ether oxygens (including phenoxy) is 2. The lowest BCUT2D eigenvalue weighted by atomic mass is 10.3. The highest BCUT2D eigenvalue weighted by atomic mass is 127. The van der Waals surface area contributed by atoms with Crippen molar-refractivity contribution in [1.29, 1.82) is 0 Å². The van der Waals surface area contributed by atoms with Gasteiger partial charge in [0.25, 0.3) is 5.88 Å². The average Bonchev–Trinajstić information content (AvgIpc) is 2.08. The van der Waals surface area contributed by atoms with Crippen molar-refractivity contribution in [3.63, 3.8) is 0 Å². The molecule has 0 aliphatic heterocycles. The van der Waals surface area contributed by atoms with Crippen LogP contribution in [-0.2, 0) is 0 Å². The van der Waals surface area contributed by atoms with Crippen molar-refractivity contribution >= 4 is 22.6 Å². The van der Waals surface area contributed by atoms with Crippen LogP contribution in [0, 0.1) is 10.6 Å². The number of hydrogen-bond donors (Lipinski definition) is 0. The van der Waals surface area contributed by atoms with Gasteiger partial charge in [-0.2, -0.15) is 0 Å². The molecule has 3 nitrogen and oxygen atoms in total. The van der Waals surface area contributed by atoms with E-state index in [4.69, 9.17) is 4.74 Å². The number of aromatic nitrogens is 1. The summed E-state index contributed by atoms with van der Waals surface area (Å²) in [6.07, 6.45) is -4.77. The van der Waals surface area contributed by atoms with E-state index in [1.54, 1.807) is 6.92 Å². The molecule has 0 atom stereocenters. The zero-order valence-electron chi connectivity index (χ0n) is 7.85. The summed E-state index contributed by atoms with van der Waals surface area (Å²) in [5.74, 6) is -0.606. The Morgan fingerprint density at radius 1 is 1.40 bits per heavy atom. The number of aryl methyl sites for hydroxylation is 1. The van der Waals surface area contributed by atoms with Crippen LogP contribution in [0.5, 0.6) is 11.6 Å². The Morgan fingerprint density at radius 2 is 2.00 bits per heavy atom. The predicted molar refractivity (Wildman–Crippen MR) is 54.9 cm³/mol. The van der Waals surface area contributed by atoms with E-state index in [0.717, 1.165) is 5.56 Å². The number of nitrogens with zero attached hydrogens (tertiary/aromatic N) is 1. The van der Waals surface area contributed by atoms with Gasteiger partial charge in [-0.3, -0.25) is 0 Å². The summed E-state index contributed by atoms with van der Waals surface area (Å²) < 4.78 is 44.8. The maximum absolute atomic E-state index is 12.0. The smallest absolute Gasteiger partial charge is 0.491 e. The van der Waals surface area contributed by atoms with Crippen molar-refractivity contribution < 1.29 is 22.6 Å². The Balaban J connectivity index is 3.11. The second-order valence-corrected chi connectivity index (χ2v) is 3.67. The number of halogens is 4. The van der Waals surface area contributed by atoms with Crippen molar-refractivity contribution in [2.45, 2.75) is 13.3 Å². The third-order valence-corrected chi connectivity index (χ3v) is 2.61. The quantitative estimate of drug-likeness (QED) is 0.616. The van der Waals surface area contributed by atoms with Gasteiger partial charge in [0.2, 0.25) is 0 Å². The molecule has 0 spiro atoms. The summed E-state index contributed by atoms with van der Waals surface area (Å²) in [6, 6.07) is 1.44. The van der Waals surface area contributed by atoms with Gasteiger partial charge >= 0.3 is 6.36 Å². The fraction of sp³-hybridized carbons (Fsp3) is 0.375. The molecule has 0 N–H and O–H groups in total. The maximum atomic E-state index is 12.0. The second-order valence-electron chi connectivity index (χ2n) is 2.65. The van der Waals surface area contributed by atoms with Crippen molar-refractivity contribution in [3.05, 3.63) is 15.3 Å². The van der Waals surface area contributed by atoms with Crippen LogP contribution in [0.15, 0.2) is 6.07 Å². The molecule has 0 aliphatic carbocycles. The van der Waals surface area contributed by atoms with Crippen LogP contribution < -0.4 is 9.47 Å². The van der Waals surface area contributed by atoms with Gasteiger partial charge in [-0.05, 0) is 41.1 Å². The molecule has 7 heteroatoms. The zero-order valence-corrected chi connectivity index (χ0v) is 10.0. The first-order valence-electron chi connectivity index (χ1n) is 3.80. The molecule has 1 rings (SSSR count). The summed E-state index contributed by atoms with van der Waals surface area (Å²) >= 11 is 1.82. The Hall–Kier alpha value is -0.730. The number of alkyl halides is 3. The Morgan fingerprint density at radius 3 is 2.47 bits per heavy atom. The highest BCUT2D eigenvalue weighted by molar-refractivity contribution is 14.1. The molecule has 1 aromatic rings. The zero-order chi connectivity index (χ0) is 11.6. The molecule has 84 valence electrons. The Kier molecular flexibility index (Phi) is 3.63. The summed E-state index contributed by atoms with van der Waals surface area (Å²) in [4.78, 5) is 3.65. The highest BCUT2D eigenvalue weighted by Crippen LogP contribution is 2.31. The Bertz CT molecular complexity index is 368. The van der Waals surface area contributed by atoms with Gasteiger partial charge in [-0.1, -0.05) is 0 Å². The molecule has 1 aromatic heterocycles. The molecular formula is C8H7F3INO2. The van der Waals surface area contributed by atoms with Crippen molar-refractivity contribution in [3.8, 4) is 11.6 Å². The highest BCUT2D eigenvalue weighted by Gasteiger charge is 2.33. The molecular weight excluding hydrogens is 326 g/mol. The van der Waals surface area contributed by atoms with E-state index in [0.29, 0.717) is 3.70 Å². The predicted octanol–water partition coefficient (Wildman–Crippen LogP) is 2.90. The molecule has 0 unspecified atom stereocenters. The normalized spacial score (nSPS) is 11.3. The average molecular weight is 333 g/mol. The van der Waals surface area contributed by atoms with Crippen LogP contribution >= 0.6 is 22.6 Å². The van der Waals surface area contributed by atoms with Gasteiger partial charge < -0.3 is 9.47 Å². The first kappa shape index (κ1) is 12.3. The van der Waals surface area contributed by atoms with Crippen LogP contribution in [0.25, 0.3) is 0 Å². The standard InChI is InChI=1S/C8H7F3INO2/c1-4-3-5(14-2)7(13-6(4)12)15-8(9,10)11/h3H,1-2H3. The number of rotatable bonds is 2. The van der Waals surface area contributed by atoms with E-state index in [2.05, 4.69) is 9.72 Å². The summed E-state index contributed by atoms with van der Waals surface area (Å²) in [5.41, 5.74) is 0.724. The topological polar surface area (TPSA) is 31.4 Å². The van der Waals surface area contributed by atoms with E-state index in [1.165, 1.54) is 13.2 Å². The molecule has 0 bridgehead atoms. The molecule has 0 amide bonds. The summed E-state index contributed by atoms with van der Waals surface area (Å²) in [7, 11) is 1.26. The molecule has 0 radical (unpaired) electrons. The van der Waals surface area contributed by atoms with E-state index in [9.17, 15) is 13.2 Å². The van der Waals surface area contributed by atoms with Gasteiger partial charge in [0.05, 0.1) is 7.11 Å². The summed E-state index contributed by atoms with van der Waals surface area (Å²) in [6.45, 7) is 1.72. The van der Waals surface area contributed by atoms with E-state index in [1.807, 2.05) is 22.6 Å². The van der Waals surface area contributed by atoms with Crippen LogP contribution in [-0.4, -0.2) is 18.5 Å². The largest absolute Gasteiger partial charge is 0.574 e. The molecule has 0 fully saturated rings. The monoisotopic (exact) mass is 333 g/mol. The van der Waals surface area contributed by atoms with Gasteiger partial charge in [0.1, 0.15) is 3.70 Å². The number of hydrogen-bond acceptors (Lipinski definition) is 3. The van der Waals surface area contributed by atoms with Crippen LogP contribution in [0.4, 0.5) is 13.2 Å². The van der Waals surface area contributed by atoms with E-state index >= 15 is 0 Å². The minimum absolute atomic E-state index is 0.0368. The first-order chi connectivity index (χ1) is 6.83. The molecule has 1 heterocycles. The lowest BCUT2D eigenvalue weighted by Crippen LogP contribution is -2.18. The minimum Gasteiger partial charge on any atom is -0.491 e. The molecule has 0 saturated carbocycles. The van der Waals surface area contributed by atoms with Crippen molar-refractivity contribution in [2.75, 3.05) is 7.11 Å². The third kappa shape index (κ3) is 3.40. The maximum Gasteiger partial charge on any atom is 0.574 e. The Labute approximate surface area is 97.7 Å². The van der Waals surface area contributed by atoms with Gasteiger partial charge in [-0.15, -0.1) is 13.2 Å². The number of pyridine rings is 1. The van der Waals surface area contributed by atoms with E-state index in [-0.39, 0.29) is 5.75 Å². The first-order valence-corrected chi connectivity index (χ1v) is 4.88. The van der Waals surface area contributed by atoms with Gasteiger partial charge in [-0.25, -0.2) is 4.98 Å². The fourth-order valence-electron chi connectivity index (χ4n) is 0.879. The molecule has 15 heavy (non-hydrogen) atoms. The minimum atomic E-state index is -4.77. The molecule has 0 aliphatic rings. The molecule has 0 saturated heterocycles. The van der Waals surface area contributed by atoms with Crippen LogP contribution in [0.3, 0.4) is 0 Å². The SMILES string of the molecule is COc1cc(C)c(I)nc1OC(F)(F)F. The van der Waals surface area contributed by atoms with Crippen LogP contribution in [0.1, 0.15) is 5.56 Å². The van der Waals surface area contributed by atoms with Crippen LogP contribution in [0.2, 0.25) is 0 Å². The van der Waals surface area contributed by atoms with Gasteiger partial charge in [0.15, 0.2) is 5.75 Å². The van der Waals surface area contributed by atoms with E-state index < -0.39 is 12.2 Å². The lowest BCUT2D eigenvalue weighted by molar-refractivity contribution is -0.276. The fourth-order valence-corrected chi connectivity index (χ4v) is 1.25. The summed E-state index contributed by atoms with van der Waals surface area (Å²) in [5, 5.41) is 0. The third-order valence-electron chi connectivity index (χ3n) is 1.52. The lowest BCUT2D eigenvalue weighted by Gasteiger charge is -2.12. The molecule has 0 aromatic carbocycles. The van der Waals surface area contributed by atoms with Crippen molar-refractivity contribution in [2.24, 2.45) is 0 Å². The number of methoxy groups -OCH3 is 1. The van der Waals surface area contributed by atoms with Crippen molar-refractivity contribution in [1.82, 2.24) is 4.98 Å². The second kappa shape index (κ2) is 4.42.